The lowest BCUT2D eigenvalue weighted by atomic mass is 10.0. The van der Waals surface area contributed by atoms with Crippen LogP contribution in [0.25, 0.3) is 0 Å². The number of aliphatic carboxylic acids is 1. The van der Waals surface area contributed by atoms with Gasteiger partial charge in [-0.2, -0.15) is 0 Å². The lowest BCUT2D eigenvalue weighted by Gasteiger charge is -2.10. The number of carboxylic acid groups (broad SMARTS) is 1. The highest BCUT2D eigenvalue weighted by Crippen LogP contribution is 2.20. The highest BCUT2D eigenvalue weighted by atomic mass is 16.5. The standard InChI is InChI=1S/C17H23NO5/c1-12(19)13-7-8-15(23-2)14(10-13)11-16(20)18-9-5-3-4-6-17(21)22/h7-8,10H,3-6,9,11H2,1-2H3,(H,18,20)(H,21,22). The van der Waals surface area contributed by atoms with Gasteiger partial charge in [0.1, 0.15) is 5.75 Å². The molecule has 0 spiro atoms. The van der Waals surface area contributed by atoms with Crippen LogP contribution in [0.15, 0.2) is 18.2 Å². The fourth-order valence-corrected chi connectivity index (χ4v) is 2.18. The molecular formula is C17H23NO5. The Labute approximate surface area is 135 Å². The van der Waals surface area contributed by atoms with Gasteiger partial charge >= 0.3 is 5.97 Å². The highest BCUT2D eigenvalue weighted by Gasteiger charge is 2.11. The van der Waals surface area contributed by atoms with Crippen molar-refractivity contribution in [3.8, 4) is 5.75 Å². The van der Waals surface area contributed by atoms with Crippen LogP contribution < -0.4 is 10.1 Å². The van der Waals surface area contributed by atoms with E-state index < -0.39 is 5.97 Å². The Morgan fingerprint density at radius 1 is 1.17 bits per heavy atom. The first-order chi connectivity index (χ1) is 10.9. The Hall–Kier alpha value is -2.37. The van der Waals surface area contributed by atoms with Crippen molar-refractivity contribution < 1.29 is 24.2 Å². The Bertz CT molecular complexity index is 568. The number of rotatable bonds is 10. The number of methoxy groups -OCH3 is 1. The van der Waals surface area contributed by atoms with Crippen LogP contribution >= 0.6 is 0 Å². The van der Waals surface area contributed by atoms with Crippen molar-refractivity contribution in [3.63, 3.8) is 0 Å². The Balaban J connectivity index is 2.45. The Morgan fingerprint density at radius 2 is 1.91 bits per heavy atom. The second-order valence-corrected chi connectivity index (χ2v) is 5.31. The second-order valence-electron chi connectivity index (χ2n) is 5.31. The monoisotopic (exact) mass is 321 g/mol. The summed E-state index contributed by atoms with van der Waals surface area (Å²) in [6, 6.07) is 5.03. The number of nitrogens with one attached hydrogen (secondary N) is 1. The normalized spacial score (nSPS) is 10.2. The first-order valence-corrected chi connectivity index (χ1v) is 7.60. The van der Waals surface area contributed by atoms with Gasteiger partial charge in [0.05, 0.1) is 13.5 Å². The van der Waals surface area contributed by atoms with Crippen molar-refractivity contribution in [1.82, 2.24) is 5.32 Å². The minimum Gasteiger partial charge on any atom is -0.496 e. The molecule has 0 aliphatic carbocycles. The van der Waals surface area contributed by atoms with E-state index in [1.807, 2.05) is 0 Å². The van der Waals surface area contributed by atoms with Gasteiger partial charge in [-0.3, -0.25) is 14.4 Å². The zero-order valence-electron chi connectivity index (χ0n) is 13.6. The van der Waals surface area contributed by atoms with Crippen LogP contribution in [0.3, 0.4) is 0 Å². The van der Waals surface area contributed by atoms with Crippen molar-refractivity contribution in [2.45, 2.75) is 39.0 Å². The average Bonchev–Trinajstić information content (AvgIpc) is 2.50. The summed E-state index contributed by atoms with van der Waals surface area (Å²) in [7, 11) is 1.52. The van der Waals surface area contributed by atoms with Crippen LogP contribution in [-0.2, 0) is 16.0 Å². The molecule has 6 nitrogen and oxygen atoms in total. The highest BCUT2D eigenvalue weighted by molar-refractivity contribution is 5.94. The summed E-state index contributed by atoms with van der Waals surface area (Å²) >= 11 is 0. The summed E-state index contributed by atoms with van der Waals surface area (Å²) in [6.07, 6.45) is 2.40. The molecule has 23 heavy (non-hydrogen) atoms. The van der Waals surface area contributed by atoms with Crippen LogP contribution in [0.2, 0.25) is 0 Å². The summed E-state index contributed by atoms with van der Waals surface area (Å²) in [5.74, 6) is -0.437. The molecule has 0 aromatic heterocycles. The van der Waals surface area contributed by atoms with E-state index in [0.717, 1.165) is 12.8 Å². The summed E-state index contributed by atoms with van der Waals surface area (Å²) in [5.41, 5.74) is 1.21. The quantitative estimate of drug-likeness (QED) is 0.509. The second kappa shape index (κ2) is 9.61. The molecule has 0 aliphatic rings. The maximum Gasteiger partial charge on any atom is 0.303 e. The summed E-state index contributed by atoms with van der Waals surface area (Å²) < 4.78 is 5.21. The Kier molecular flexibility index (Phi) is 7.80. The van der Waals surface area contributed by atoms with Gasteiger partial charge in [0.25, 0.3) is 0 Å². The number of carboxylic acids is 1. The fraction of sp³-hybridized carbons (Fsp3) is 0.471. The van der Waals surface area contributed by atoms with Crippen molar-refractivity contribution in [3.05, 3.63) is 29.3 Å². The van der Waals surface area contributed by atoms with Gasteiger partial charge in [0.15, 0.2) is 5.78 Å². The SMILES string of the molecule is COc1ccc(C(C)=O)cc1CC(=O)NCCCCCC(=O)O. The number of ketones is 1. The molecule has 0 aliphatic heterocycles. The van der Waals surface area contributed by atoms with E-state index in [2.05, 4.69) is 5.32 Å². The Morgan fingerprint density at radius 3 is 2.52 bits per heavy atom. The molecule has 6 heteroatoms. The molecule has 0 unspecified atom stereocenters. The van der Waals surface area contributed by atoms with Crippen molar-refractivity contribution >= 4 is 17.7 Å². The van der Waals surface area contributed by atoms with Crippen LogP contribution in [0.1, 0.15) is 48.5 Å². The first-order valence-electron chi connectivity index (χ1n) is 7.60. The van der Waals surface area contributed by atoms with E-state index in [4.69, 9.17) is 9.84 Å². The van der Waals surface area contributed by atoms with E-state index in [9.17, 15) is 14.4 Å². The largest absolute Gasteiger partial charge is 0.496 e. The van der Waals surface area contributed by atoms with Crippen LogP contribution in [0.4, 0.5) is 0 Å². The molecular weight excluding hydrogens is 298 g/mol. The molecule has 1 aromatic rings. The van der Waals surface area contributed by atoms with Gasteiger partial charge in [0, 0.05) is 24.1 Å². The van der Waals surface area contributed by atoms with E-state index in [1.54, 1.807) is 18.2 Å². The third-order valence-corrected chi connectivity index (χ3v) is 3.43. The van der Waals surface area contributed by atoms with E-state index in [1.165, 1.54) is 14.0 Å². The number of carbonyl (C=O) groups excluding carboxylic acids is 2. The molecule has 2 N–H and O–H groups in total. The third kappa shape index (κ3) is 6.95. The summed E-state index contributed by atoms with van der Waals surface area (Å²) in [5, 5.41) is 11.3. The molecule has 126 valence electrons. The van der Waals surface area contributed by atoms with Gasteiger partial charge in [-0.1, -0.05) is 6.42 Å². The number of hydrogen-bond acceptors (Lipinski definition) is 4. The van der Waals surface area contributed by atoms with Crippen LogP contribution in [0.5, 0.6) is 5.75 Å². The summed E-state index contributed by atoms with van der Waals surface area (Å²) in [6.45, 7) is 1.98. The van der Waals surface area contributed by atoms with E-state index in [0.29, 0.717) is 29.8 Å². The van der Waals surface area contributed by atoms with Crippen LogP contribution in [0, 0.1) is 0 Å². The average molecular weight is 321 g/mol. The van der Waals surface area contributed by atoms with Crippen molar-refractivity contribution in [1.29, 1.82) is 0 Å². The van der Waals surface area contributed by atoms with Gasteiger partial charge in [0.2, 0.25) is 5.91 Å². The molecule has 0 heterocycles. The predicted octanol–water partition coefficient (Wildman–Crippen LogP) is 2.20. The summed E-state index contributed by atoms with van der Waals surface area (Å²) in [4.78, 5) is 33.8. The first kappa shape index (κ1) is 18.7. The number of ether oxygens (including phenoxy) is 1. The fourth-order valence-electron chi connectivity index (χ4n) is 2.18. The van der Waals surface area contributed by atoms with E-state index >= 15 is 0 Å². The van der Waals surface area contributed by atoms with E-state index in [-0.39, 0.29) is 24.5 Å². The molecule has 0 saturated heterocycles. The number of unbranched alkanes of at least 4 members (excludes halogenated alkanes) is 2. The van der Waals surface area contributed by atoms with Gasteiger partial charge in [-0.15, -0.1) is 0 Å². The van der Waals surface area contributed by atoms with Gasteiger partial charge in [-0.05, 0) is 38.0 Å². The molecule has 0 bridgehead atoms. The topological polar surface area (TPSA) is 92.7 Å². The van der Waals surface area contributed by atoms with Gasteiger partial charge < -0.3 is 15.2 Å². The minimum atomic E-state index is -0.800. The molecule has 0 radical (unpaired) electrons. The number of carbonyl (C=O) groups is 3. The molecule has 1 aromatic carbocycles. The number of hydrogen-bond donors (Lipinski definition) is 2. The molecule has 0 atom stereocenters. The van der Waals surface area contributed by atoms with Crippen molar-refractivity contribution in [2.24, 2.45) is 0 Å². The number of benzene rings is 1. The molecule has 1 rings (SSSR count). The number of Topliss-reactive ketones (excluding diaryl/α,β-unsaturated/α-hetero) is 1. The maximum absolute atomic E-state index is 12.0. The smallest absolute Gasteiger partial charge is 0.303 e. The predicted molar refractivity (Wildman–Crippen MR) is 85.8 cm³/mol. The minimum absolute atomic E-state index is 0.0623. The molecule has 1 amide bonds. The zero-order chi connectivity index (χ0) is 17.2. The van der Waals surface area contributed by atoms with Crippen LogP contribution in [-0.4, -0.2) is 36.4 Å². The van der Waals surface area contributed by atoms with Crippen molar-refractivity contribution in [2.75, 3.05) is 13.7 Å². The molecule has 0 fully saturated rings. The van der Waals surface area contributed by atoms with Gasteiger partial charge in [-0.25, -0.2) is 0 Å². The molecule has 0 saturated carbocycles. The lowest BCUT2D eigenvalue weighted by molar-refractivity contribution is -0.137. The lowest BCUT2D eigenvalue weighted by Crippen LogP contribution is -2.26. The zero-order valence-corrected chi connectivity index (χ0v) is 13.6. The maximum atomic E-state index is 12.0. The third-order valence-electron chi connectivity index (χ3n) is 3.43. The number of amides is 1.